The second-order valence-electron chi connectivity index (χ2n) is 10.6. The first kappa shape index (κ1) is 28.3. The molecule has 0 bridgehead atoms. The van der Waals surface area contributed by atoms with Gasteiger partial charge in [-0.2, -0.15) is 0 Å². The van der Waals surface area contributed by atoms with Crippen molar-refractivity contribution in [3.8, 4) is 11.4 Å². The molecule has 3 atom stereocenters. The molecule has 0 radical (unpaired) electrons. The molecule has 3 aromatic rings. The number of carbonyl (C=O) groups excluding carboxylic acids is 2. The Morgan fingerprint density at radius 3 is 2.73 bits per heavy atom. The second kappa shape index (κ2) is 11.7. The van der Waals surface area contributed by atoms with E-state index < -0.39 is 17.4 Å². The Hall–Kier alpha value is -4.21. The van der Waals surface area contributed by atoms with Crippen LogP contribution < -0.4 is 15.2 Å². The van der Waals surface area contributed by atoms with Crippen LogP contribution in [0.2, 0.25) is 0 Å². The molecule has 2 aromatic carbocycles. The number of anilines is 1. The number of aliphatic hydroxyl groups excluding tert-OH is 1. The van der Waals surface area contributed by atoms with Crippen molar-refractivity contribution in [3.63, 3.8) is 0 Å². The molecule has 9 nitrogen and oxygen atoms in total. The highest BCUT2D eigenvalue weighted by Gasteiger charge is 2.52. The molecule has 2 aliphatic rings. The van der Waals surface area contributed by atoms with Gasteiger partial charge in [-0.3, -0.25) is 19.0 Å². The molecule has 0 saturated carbocycles. The SMILES string of the molecule is COc1cccn(-c2cccc(CN3C(=O)[C@@](O)([C@@H](C)/C=C/CC(=O)N4CCC[C@H]4CO)c4ccccc43)c2)c1=O. The van der Waals surface area contributed by atoms with Crippen LogP contribution in [0.3, 0.4) is 0 Å². The van der Waals surface area contributed by atoms with Gasteiger partial charge in [-0.1, -0.05) is 49.4 Å². The first-order valence-corrected chi connectivity index (χ1v) is 13.9. The largest absolute Gasteiger partial charge is 0.491 e. The monoisotopic (exact) mass is 557 g/mol. The summed E-state index contributed by atoms with van der Waals surface area (Å²) in [6.07, 6.45) is 6.87. The molecule has 0 unspecified atom stereocenters. The van der Waals surface area contributed by atoms with Crippen molar-refractivity contribution in [2.24, 2.45) is 5.92 Å². The van der Waals surface area contributed by atoms with Gasteiger partial charge < -0.3 is 24.7 Å². The number of aromatic nitrogens is 1. The quantitative estimate of drug-likeness (QED) is 0.391. The lowest BCUT2D eigenvalue weighted by molar-refractivity contribution is -0.139. The molecule has 41 heavy (non-hydrogen) atoms. The maximum Gasteiger partial charge on any atom is 0.297 e. The molecule has 5 rings (SSSR count). The maximum absolute atomic E-state index is 13.9. The van der Waals surface area contributed by atoms with Gasteiger partial charge in [0, 0.05) is 36.3 Å². The van der Waals surface area contributed by atoms with Gasteiger partial charge in [0.1, 0.15) is 0 Å². The fraction of sp³-hybridized carbons (Fsp3) is 0.344. The normalized spacial score (nSPS) is 21.0. The van der Waals surface area contributed by atoms with Gasteiger partial charge in [-0.25, -0.2) is 0 Å². The van der Waals surface area contributed by atoms with Crippen molar-refractivity contribution in [1.29, 1.82) is 0 Å². The number of rotatable bonds is 9. The number of aliphatic hydroxyl groups is 2. The third kappa shape index (κ3) is 5.18. The fourth-order valence-corrected chi connectivity index (χ4v) is 5.86. The lowest BCUT2D eigenvalue weighted by Crippen LogP contribution is -2.44. The Morgan fingerprint density at radius 2 is 1.95 bits per heavy atom. The summed E-state index contributed by atoms with van der Waals surface area (Å²) >= 11 is 0. The van der Waals surface area contributed by atoms with Gasteiger partial charge in [0.25, 0.3) is 11.5 Å². The van der Waals surface area contributed by atoms with Gasteiger partial charge in [-0.05, 0) is 48.7 Å². The summed E-state index contributed by atoms with van der Waals surface area (Å²) in [4.78, 5) is 42.6. The van der Waals surface area contributed by atoms with Gasteiger partial charge in [0.2, 0.25) is 5.91 Å². The van der Waals surface area contributed by atoms with Crippen molar-refractivity contribution < 1.29 is 24.5 Å². The lowest BCUT2D eigenvalue weighted by Gasteiger charge is -2.28. The summed E-state index contributed by atoms with van der Waals surface area (Å²) in [5, 5.41) is 21.4. The van der Waals surface area contributed by atoms with Crippen LogP contribution in [0.5, 0.6) is 5.75 Å². The fourth-order valence-electron chi connectivity index (χ4n) is 5.86. The standard InChI is InChI=1S/C32H35N3O6/c1-22(9-5-16-29(37)33-17-7-12-25(33)21-36)32(40)26-13-3-4-14-27(26)35(31(32)39)20-23-10-6-11-24(19-23)34-18-8-15-28(41-2)30(34)38/h3-6,8-11,13-15,18-19,22,25,36,40H,7,12,16-17,20-21H2,1-2H3/b9-5+/t22-,25-,32+/m0/s1. The summed E-state index contributed by atoms with van der Waals surface area (Å²) < 4.78 is 6.65. The van der Waals surface area contributed by atoms with Gasteiger partial charge >= 0.3 is 0 Å². The Balaban J connectivity index is 1.37. The van der Waals surface area contributed by atoms with Crippen LogP contribution in [0.4, 0.5) is 5.69 Å². The van der Waals surface area contributed by atoms with Gasteiger partial charge in [-0.15, -0.1) is 0 Å². The van der Waals surface area contributed by atoms with Crippen molar-refractivity contribution in [3.05, 3.63) is 100 Å². The van der Waals surface area contributed by atoms with Crippen LogP contribution in [0.25, 0.3) is 5.69 Å². The Labute approximate surface area is 238 Å². The van der Waals surface area contributed by atoms with E-state index in [1.807, 2.05) is 30.3 Å². The molecule has 2 amide bonds. The van der Waals surface area contributed by atoms with Crippen molar-refractivity contribution in [2.75, 3.05) is 25.2 Å². The maximum atomic E-state index is 13.9. The molecule has 1 saturated heterocycles. The predicted octanol–water partition coefficient (Wildman–Crippen LogP) is 3.15. The highest BCUT2D eigenvalue weighted by molar-refractivity contribution is 6.07. The van der Waals surface area contributed by atoms with Crippen molar-refractivity contribution >= 4 is 17.5 Å². The number of fused-ring (bicyclic) bond motifs is 1. The average Bonchev–Trinajstić information content (AvgIpc) is 3.56. The van der Waals surface area contributed by atoms with E-state index in [1.54, 1.807) is 65.4 Å². The molecule has 2 aliphatic heterocycles. The number of benzene rings is 2. The number of hydrogen-bond donors (Lipinski definition) is 2. The molecule has 9 heteroatoms. The third-order valence-electron chi connectivity index (χ3n) is 8.12. The van der Waals surface area contributed by atoms with E-state index in [4.69, 9.17) is 4.74 Å². The smallest absolute Gasteiger partial charge is 0.297 e. The number of methoxy groups -OCH3 is 1. The van der Waals surface area contributed by atoms with E-state index in [2.05, 4.69) is 0 Å². The van der Waals surface area contributed by atoms with E-state index >= 15 is 0 Å². The zero-order chi connectivity index (χ0) is 29.1. The van der Waals surface area contributed by atoms with Crippen LogP contribution in [-0.2, 0) is 21.7 Å². The van der Waals surface area contributed by atoms with Crippen molar-refractivity contribution in [2.45, 2.75) is 44.4 Å². The Kier molecular flexibility index (Phi) is 8.10. The number of pyridine rings is 1. The lowest BCUT2D eigenvalue weighted by atomic mass is 9.83. The van der Waals surface area contributed by atoms with Gasteiger partial charge in [0.05, 0.1) is 32.0 Å². The molecule has 214 valence electrons. The van der Waals surface area contributed by atoms with Crippen LogP contribution in [0, 0.1) is 5.92 Å². The highest BCUT2D eigenvalue weighted by Crippen LogP contribution is 2.45. The molecule has 1 aromatic heterocycles. The number of likely N-dealkylation sites (tertiary alicyclic amines) is 1. The summed E-state index contributed by atoms with van der Waals surface area (Å²) in [7, 11) is 1.45. The number of amides is 2. The minimum absolute atomic E-state index is 0.0497. The first-order chi connectivity index (χ1) is 19.8. The molecule has 2 N–H and O–H groups in total. The van der Waals surface area contributed by atoms with Crippen LogP contribution >= 0.6 is 0 Å². The number of para-hydroxylation sites is 1. The van der Waals surface area contributed by atoms with Gasteiger partial charge in [0.15, 0.2) is 11.4 Å². The zero-order valence-corrected chi connectivity index (χ0v) is 23.3. The topological polar surface area (TPSA) is 112 Å². The van der Waals surface area contributed by atoms with E-state index in [1.165, 1.54) is 11.7 Å². The third-order valence-corrected chi connectivity index (χ3v) is 8.12. The average molecular weight is 558 g/mol. The minimum Gasteiger partial charge on any atom is -0.491 e. The highest BCUT2D eigenvalue weighted by atomic mass is 16.5. The van der Waals surface area contributed by atoms with E-state index in [0.29, 0.717) is 23.5 Å². The number of hydrogen-bond acceptors (Lipinski definition) is 6. The van der Waals surface area contributed by atoms with Crippen LogP contribution in [0.1, 0.15) is 37.3 Å². The Morgan fingerprint density at radius 1 is 1.15 bits per heavy atom. The number of nitrogens with zero attached hydrogens (tertiary/aromatic N) is 3. The summed E-state index contributed by atoms with van der Waals surface area (Å²) in [5.74, 6) is -0.912. The summed E-state index contributed by atoms with van der Waals surface area (Å²) in [5.41, 5.74) is 0.432. The number of carbonyl (C=O) groups is 2. The minimum atomic E-state index is -1.81. The first-order valence-electron chi connectivity index (χ1n) is 13.9. The molecule has 3 heterocycles. The molecule has 1 fully saturated rings. The summed E-state index contributed by atoms with van der Waals surface area (Å²) in [6.45, 7) is 2.54. The zero-order valence-electron chi connectivity index (χ0n) is 23.3. The number of ether oxygens (including phenoxy) is 1. The van der Waals surface area contributed by atoms with Crippen LogP contribution in [-0.4, -0.2) is 57.8 Å². The molecular formula is C32H35N3O6. The predicted molar refractivity (Wildman–Crippen MR) is 155 cm³/mol. The van der Waals surface area contributed by atoms with E-state index in [0.717, 1.165) is 18.4 Å². The molecular weight excluding hydrogens is 522 g/mol. The van der Waals surface area contributed by atoms with E-state index in [-0.39, 0.29) is 42.8 Å². The second-order valence-corrected chi connectivity index (χ2v) is 10.6. The van der Waals surface area contributed by atoms with E-state index in [9.17, 15) is 24.6 Å². The molecule has 0 spiro atoms. The van der Waals surface area contributed by atoms with Crippen LogP contribution in [0.15, 0.2) is 83.8 Å². The molecule has 0 aliphatic carbocycles. The van der Waals surface area contributed by atoms with Crippen molar-refractivity contribution in [1.82, 2.24) is 9.47 Å². The Bertz CT molecular complexity index is 1530. The summed E-state index contributed by atoms with van der Waals surface area (Å²) in [6, 6.07) is 17.7.